The highest BCUT2D eigenvalue weighted by atomic mass is 32.1. The summed E-state index contributed by atoms with van der Waals surface area (Å²) in [6, 6.07) is 0. The van der Waals surface area contributed by atoms with Gasteiger partial charge in [0.05, 0.1) is 10.7 Å². The second-order valence-electron chi connectivity index (χ2n) is 2.46. The molecule has 1 heterocycles. The van der Waals surface area contributed by atoms with Crippen molar-refractivity contribution in [3.63, 3.8) is 0 Å². The molecule has 1 rings (SSSR count). The molecule has 0 atom stereocenters. The van der Waals surface area contributed by atoms with Crippen molar-refractivity contribution < 1.29 is 10.2 Å². The Morgan fingerprint density at radius 2 is 2.27 bits per heavy atom. The molecule has 0 saturated carbocycles. The van der Waals surface area contributed by atoms with Crippen LogP contribution in [0, 0.1) is 20.7 Å². The van der Waals surface area contributed by atoms with Crippen LogP contribution in [0.15, 0.2) is 0 Å². The van der Waals surface area contributed by atoms with Crippen LogP contribution in [0.25, 0.3) is 0 Å². The number of hydrogen-bond acceptors (Lipinski definition) is 2. The van der Waals surface area contributed by atoms with Crippen LogP contribution >= 0.6 is 11.3 Å². The average Bonchev–Trinajstić information content (AvgIpc) is 2.35. The van der Waals surface area contributed by atoms with Crippen LogP contribution in [0.3, 0.4) is 0 Å². The van der Waals surface area contributed by atoms with E-state index in [9.17, 15) is 0 Å². The summed E-state index contributed by atoms with van der Waals surface area (Å²) in [4.78, 5) is 2.12. The molecule has 0 aliphatic heterocycles. The van der Waals surface area contributed by atoms with E-state index >= 15 is 0 Å². The Balaban J connectivity index is 2.84. The molecule has 1 nitrogen and oxygen atoms in total. The molecule has 0 spiro atoms. The van der Waals surface area contributed by atoms with Gasteiger partial charge in [-0.15, -0.1) is 11.3 Å². The van der Waals surface area contributed by atoms with Crippen molar-refractivity contribution in [1.29, 1.82) is 0 Å². The smallest absolute Gasteiger partial charge is 0.0726 e. The van der Waals surface area contributed by atoms with Crippen molar-refractivity contribution in [2.75, 3.05) is 7.04 Å². The highest BCUT2D eigenvalue weighted by Gasteiger charge is 2.07. The van der Waals surface area contributed by atoms with Gasteiger partial charge in [-0.2, -0.15) is 0 Å². The van der Waals surface area contributed by atoms with Crippen LogP contribution in [0.4, 0.5) is 0 Å². The molecule has 0 amide bonds. The van der Waals surface area contributed by atoms with Crippen LogP contribution in [-0.2, 0) is 11.3 Å². The van der Waals surface area contributed by atoms with Gasteiger partial charge in [-0.3, -0.25) is 0 Å². The molecule has 0 bridgehead atoms. The van der Waals surface area contributed by atoms with Crippen molar-refractivity contribution >= 4 is 11.3 Å². The summed E-state index contributed by atoms with van der Waals surface area (Å²) >= 11 is 1.59. The number of hydrogen-bond donors (Lipinski definition) is 0. The van der Waals surface area contributed by atoms with Crippen LogP contribution in [-0.4, -0.2) is 7.04 Å². The predicted octanol–water partition coefficient (Wildman–Crippen LogP) is 2.82. The fourth-order valence-electron chi connectivity index (χ4n) is 1.04. The van der Waals surface area contributed by atoms with E-state index < -0.39 is 7.04 Å². The Bertz CT molecular complexity index is 343. The maximum atomic E-state index is 7.38. The summed E-state index contributed by atoms with van der Waals surface area (Å²) in [7, 11) is -2.36. The Hall–Kier alpha value is -0.340. The number of thiophene rings is 1. The molecule has 11 heavy (non-hydrogen) atoms. The maximum Gasteiger partial charge on any atom is 0.0726 e. The quantitative estimate of drug-likeness (QED) is 0.670. The zero-order valence-electron chi connectivity index (χ0n) is 10.7. The molecule has 62 valence electrons. The van der Waals surface area contributed by atoms with Gasteiger partial charge in [0.25, 0.3) is 0 Å². The molecule has 0 aliphatic carbocycles. The molecule has 0 saturated heterocycles. The van der Waals surface area contributed by atoms with Crippen molar-refractivity contribution in [3.8, 4) is 0 Å². The molecule has 0 unspecified atom stereocenters. The molecular weight excluding hydrogens is 156 g/mol. The van der Waals surface area contributed by atoms with Crippen molar-refractivity contribution in [1.82, 2.24) is 0 Å². The van der Waals surface area contributed by atoms with Crippen molar-refractivity contribution in [3.05, 3.63) is 20.9 Å². The first-order valence-corrected chi connectivity index (χ1v) is 4.17. The minimum atomic E-state index is -2.36. The first kappa shape index (κ1) is 4.63. The summed E-state index contributed by atoms with van der Waals surface area (Å²) in [6.45, 7) is 4.12. The maximum absolute atomic E-state index is 7.38. The van der Waals surface area contributed by atoms with Gasteiger partial charge in [-0.05, 0) is 31.9 Å². The largest absolute Gasteiger partial charge is 0.380 e. The third-order valence-electron chi connectivity index (χ3n) is 1.74. The first-order valence-electron chi connectivity index (χ1n) is 5.57. The molecular formula is C9H14OS. The summed E-state index contributed by atoms with van der Waals surface area (Å²) in [6.07, 6.45) is 0. The zero-order chi connectivity index (χ0) is 11.6. The highest BCUT2D eigenvalue weighted by molar-refractivity contribution is 7.12. The van der Waals surface area contributed by atoms with Crippen LogP contribution in [0.5, 0.6) is 0 Å². The Labute approximate surface area is 77.6 Å². The number of methoxy groups -OCH3 is 1. The lowest BCUT2D eigenvalue weighted by Crippen LogP contribution is -1.89. The predicted molar refractivity (Wildman–Crippen MR) is 49.2 cm³/mol. The number of rotatable bonds is 2. The topological polar surface area (TPSA) is 9.23 Å². The molecule has 2 heteroatoms. The normalized spacial score (nSPS) is 16.9. The molecule has 0 aromatic carbocycles. The second-order valence-corrected chi connectivity index (χ2v) is 3.89. The van der Waals surface area contributed by atoms with E-state index in [2.05, 4.69) is 0 Å². The van der Waals surface area contributed by atoms with Gasteiger partial charge in [0.2, 0.25) is 0 Å². The van der Waals surface area contributed by atoms with E-state index in [4.69, 9.17) is 10.2 Å². The van der Waals surface area contributed by atoms with E-state index in [1.54, 1.807) is 11.3 Å². The van der Waals surface area contributed by atoms with Gasteiger partial charge in [-0.1, -0.05) is 0 Å². The van der Waals surface area contributed by atoms with E-state index in [0.717, 1.165) is 20.9 Å². The lowest BCUT2D eigenvalue weighted by molar-refractivity contribution is 0.184. The monoisotopic (exact) mass is 174 g/mol. The number of ether oxygens (including phenoxy) is 1. The molecule has 0 aliphatic rings. The van der Waals surface area contributed by atoms with Gasteiger partial charge < -0.3 is 4.74 Å². The van der Waals surface area contributed by atoms with Crippen LogP contribution in [0.2, 0.25) is 0 Å². The first-order chi connectivity index (χ1) is 6.85. The van der Waals surface area contributed by atoms with Crippen molar-refractivity contribution in [2.45, 2.75) is 27.4 Å². The average molecular weight is 174 g/mol. The minimum Gasteiger partial charge on any atom is -0.380 e. The van der Waals surface area contributed by atoms with Gasteiger partial charge >= 0.3 is 0 Å². The van der Waals surface area contributed by atoms with Crippen LogP contribution < -0.4 is 0 Å². The third kappa shape index (κ3) is 1.63. The highest BCUT2D eigenvalue weighted by Crippen LogP contribution is 2.26. The van der Waals surface area contributed by atoms with Gasteiger partial charge in [-0.25, -0.2) is 0 Å². The lowest BCUT2D eigenvalue weighted by atomic mass is 10.1. The third-order valence-corrected chi connectivity index (χ3v) is 2.84. The van der Waals surface area contributed by atoms with E-state index in [0.29, 0.717) is 0 Å². The SMILES string of the molecule is [2H]Cc1c(C)sc(C)c1COC([2H])([2H])[2H]. The van der Waals surface area contributed by atoms with Crippen LogP contribution in [0.1, 0.15) is 26.4 Å². The summed E-state index contributed by atoms with van der Waals surface area (Å²) < 4.78 is 33.0. The lowest BCUT2D eigenvalue weighted by Gasteiger charge is -1.99. The zero-order valence-corrected chi connectivity index (χ0v) is 7.55. The minimum absolute atomic E-state index is 0.0703. The standard InChI is InChI=1S/C9H14OS/c1-6-7(2)11-8(3)9(6)5-10-4/h5H2,1-4H3/i1D,4D3. The van der Waals surface area contributed by atoms with E-state index in [-0.39, 0.29) is 13.5 Å². The Morgan fingerprint density at radius 1 is 1.45 bits per heavy atom. The van der Waals surface area contributed by atoms with E-state index in [1.807, 2.05) is 13.8 Å². The Kier molecular flexibility index (Phi) is 1.42. The molecule has 1 aromatic rings. The molecule has 0 radical (unpaired) electrons. The summed E-state index contributed by atoms with van der Waals surface area (Å²) in [5.74, 6) is 0. The van der Waals surface area contributed by atoms with E-state index in [1.165, 1.54) is 0 Å². The number of aryl methyl sites for hydroxylation is 2. The van der Waals surface area contributed by atoms with Gasteiger partial charge in [0.1, 0.15) is 0 Å². The van der Waals surface area contributed by atoms with Gasteiger partial charge in [0.15, 0.2) is 0 Å². The molecule has 0 N–H and O–H groups in total. The summed E-state index contributed by atoms with van der Waals surface area (Å²) in [5.41, 5.74) is 1.77. The fraction of sp³-hybridized carbons (Fsp3) is 0.556. The van der Waals surface area contributed by atoms with Crippen molar-refractivity contribution in [2.24, 2.45) is 0 Å². The van der Waals surface area contributed by atoms with Gasteiger partial charge in [0, 0.05) is 18.2 Å². The Morgan fingerprint density at radius 3 is 2.91 bits per heavy atom. The molecule has 0 fully saturated rings. The second kappa shape index (κ2) is 3.37. The summed E-state index contributed by atoms with van der Waals surface area (Å²) in [5, 5.41) is 0. The fourth-order valence-corrected chi connectivity index (χ4v) is 2.05. The molecule has 1 aromatic heterocycles.